The molecule has 1 aromatic rings. The van der Waals surface area contributed by atoms with Crippen LogP contribution in [0.2, 0.25) is 0 Å². The number of esters is 1. The molecule has 0 N–H and O–H groups in total. The number of ether oxygens (including phenoxy) is 1. The Labute approximate surface area is 90.3 Å². The Hall–Kier alpha value is -1.75. The van der Waals surface area contributed by atoms with E-state index >= 15 is 0 Å². The maximum absolute atomic E-state index is 11.0. The highest BCUT2D eigenvalue weighted by Gasteiger charge is 1.95. The van der Waals surface area contributed by atoms with Crippen LogP contribution in [-0.4, -0.2) is 12.6 Å². The Morgan fingerprint density at radius 1 is 1.33 bits per heavy atom. The summed E-state index contributed by atoms with van der Waals surface area (Å²) in [5.41, 5.74) is 2.12. The fourth-order valence-corrected chi connectivity index (χ4v) is 1.07. The van der Waals surface area contributed by atoms with Crippen LogP contribution < -0.4 is 0 Å². The van der Waals surface area contributed by atoms with Gasteiger partial charge < -0.3 is 4.74 Å². The van der Waals surface area contributed by atoms with E-state index in [4.69, 9.17) is 4.74 Å². The van der Waals surface area contributed by atoms with E-state index in [-0.39, 0.29) is 12.4 Å². The van der Waals surface area contributed by atoms with E-state index in [2.05, 4.69) is 11.8 Å². The van der Waals surface area contributed by atoms with Gasteiger partial charge in [-0.2, -0.15) is 0 Å². The fourth-order valence-electron chi connectivity index (χ4n) is 1.07. The van der Waals surface area contributed by atoms with Crippen LogP contribution in [0, 0.1) is 18.8 Å². The van der Waals surface area contributed by atoms with Crippen LogP contribution in [0.3, 0.4) is 0 Å². The van der Waals surface area contributed by atoms with Crippen molar-refractivity contribution in [2.24, 2.45) is 0 Å². The van der Waals surface area contributed by atoms with E-state index in [0.717, 1.165) is 5.56 Å². The lowest BCUT2D eigenvalue weighted by atomic mass is 10.1. The summed E-state index contributed by atoms with van der Waals surface area (Å²) in [5, 5.41) is 0. The lowest BCUT2D eigenvalue weighted by molar-refractivity contribution is -0.141. The minimum atomic E-state index is -0.267. The maximum Gasteiger partial charge on any atom is 0.317 e. The Bertz CT molecular complexity index is 379. The number of benzene rings is 1. The molecule has 0 aliphatic carbocycles. The van der Waals surface area contributed by atoms with E-state index in [0.29, 0.717) is 6.61 Å². The highest BCUT2D eigenvalue weighted by molar-refractivity contribution is 5.72. The topological polar surface area (TPSA) is 26.3 Å². The smallest absolute Gasteiger partial charge is 0.317 e. The Kier molecular flexibility index (Phi) is 4.43. The van der Waals surface area contributed by atoms with Gasteiger partial charge in [-0.1, -0.05) is 29.5 Å². The van der Waals surface area contributed by atoms with Crippen molar-refractivity contribution in [3.05, 3.63) is 35.4 Å². The van der Waals surface area contributed by atoms with Gasteiger partial charge >= 0.3 is 5.97 Å². The first-order chi connectivity index (χ1) is 7.22. The molecule has 0 aliphatic heterocycles. The van der Waals surface area contributed by atoms with Gasteiger partial charge in [-0.3, -0.25) is 4.79 Å². The van der Waals surface area contributed by atoms with Crippen LogP contribution >= 0.6 is 0 Å². The summed E-state index contributed by atoms with van der Waals surface area (Å²) in [6.45, 7) is 4.21. The largest absolute Gasteiger partial charge is 0.465 e. The highest BCUT2D eigenvalue weighted by atomic mass is 16.5. The lowest BCUT2D eigenvalue weighted by Gasteiger charge is -1.95. The second-order valence-corrected chi connectivity index (χ2v) is 3.15. The second kappa shape index (κ2) is 5.87. The van der Waals surface area contributed by atoms with Crippen molar-refractivity contribution < 1.29 is 9.53 Å². The molecule has 78 valence electrons. The first-order valence-corrected chi connectivity index (χ1v) is 4.93. The average molecular weight is 202 g/mol. The van der Waals surface area contributed by atoms with E-state index in [9.17, 15) is 4.79 Å². The van der Waals surface area contributed by atoms with E-state index in [1.54, 1.807) is 6.92 Å². The third kappa shape index (κ3) is 4.33. The quantitative estimate of drug-likeness (QED) is 0.543. The molecule has 0 aromatic heterocycles. The number of rotatable bonds is 2. The number of carbonyl (C=O) groups is 1. The summed E-state index contributed by atoms with van der Waals surface area (Å²) in [6.07, 6.45) is 0.154. The standard InChI is InChI=1S/C13H14O2/c1-3-15-13(14)6-4-5-12-9-7-11(2)8-10-12/h7-10H,3,6H2,1-2H3. The molecule has 2 heteroatoms. The average Bonchev–Trinajstić information content (AvgIpc) is 2.21. The van der Waals surface area contributed by atoms with E-state index in [1.165, 1.54) is 5.56 Å². The second-order valence-electron chi connectivity index (χ2n) is 3.15. The molecule has 1 rings (SSSR count). The minimum absolute atomic E-state index is 0.154. The molecule has 0 saturated heterocycles. The Balaban J connectivity index is 2.51. The van der Waals surface area contributed by atoms with Gasteiger partial charge in [0.15, 0.2) is 0 Å². The molecule has 0 spiro atoms. The van der Waals surface area contributed by atoms with Crippen molar-refractivity contribution in [3.63, 3.8) is 0 Å². The van der Waals surface area contributed by atoms with Crippen molar-refractivity contribution in [3.8, 4) is 11.8 Å². The molecule has 0 fully saturated rings. The highest BCUT2D eigenvalue weighted by Crippen LogP contribution is 2.00. The first kappa shape index (κ1) is 11.3. The van der Waals surface area contributed by atoms with Crippen LogP contribution in [-0.2, 0) is 9.53 Å². The van der Waals surface area contributed by atoms with Gasteiger partial charge in [0.25, 0.3) is 0 Å². The third-order valence-electron chi connectivity index (χ3n) is 1.82. The van der Waals surface area contributed by atoms with Crippen LogP contribution in [0.5, 0.6) is 0 Å². The zero-order valence-corrected chi connectivity index (χ0v) is 9.04. The van der Waals surface area contributed by atoms with Crippen LogP contribution in [0.15, 0.2) is 24.3 Å². The first-order valence-electron chi connectivity index (χ1n) is 4.93. The maximum atomic E-state index is 11.0. The van der Waals surface area contributed by atoms with Gasteiger partial charge in [0.05, 0.1) is 6.61 Å². The SMILES string of the molecule is CCOC(=O)CC#Cc1ccc(C)cc1. The minimum Gasteiger partial charge on any atom is -0.465 e. The molecule has 0 heterocycles. The summed E-state index contributed by atoms with van der Waals surface area (Å²) < 4.78 is 4.76. The van der Waals surface area contributed by atoms with Crippen LogP contribution in [0.4, 0.5) is 0 Å². The molecule has 15 heavy (non-hydrogen) atoms. The predicted octanol–water partition coefficient (Wildman–Crippen LogP) is 2.30. The molecule has 0 radical (unpaired) electrons. The van der Waals surface area contributed by atoms with Gasteiger partial charge in [-0.15, -0.1) is 0 Å². The summed E-state index contributed by atoms with van der Waals surface area (Å²) >= 11 is 0. The molecule has 2 nitrogen and oxygen atoms in total. The molecule has 0 atom stereocenters. The molecular weight excluding hydrogens is 188 g/mol. The van der Waals surface area contributed by atoms with Gasteiger partial charge in [-0.25, -0.2) is 0 Å². The van der Waals surface area contributed by atoms with Gasteiger partial charge in [0.2, 0.25) is 0 Å². The molecule has 0 aliphatic rings. The monoisotopic (exact) mass is 202 g/mol. The fraction of sp³-hybridized carbons (Fsp3) is 0.308. The van der Waals surface area contributed by atoms with Gasteiger partial charge in [-0.05, 0) is 26.0 Å². The van der Waals surface area contributed by atoms with Crippen molar-refractivity contribution >= 4 is 5.97 Å². The zero-order chi connectivity index (χ0) is 11.1. The lowest BCUT2D eigenvalue weighted by Crippen LogP contribution is -2.01. The Morgan fingerprint density at radius 3 is 2.60 bits per heavy atom. The zero-order valence-electron chi connectivity index (χ0n) is 9.04. The summed E-state index contributed by atoms with van der Waals surface area (Å²) in [7, 11) is 0. The van der Waals surface area contributed by atoms with Gasteiger partial charge in [0.1, 0.15) is 6.42 Å². The number of carbonyl (C=O) groups excluding carboxylic acids is 1. The summed E-state index contributed by atoms with van der Waals surface area (Å²) in [6, 6.07) is 7.86. The van der Waals surface area contributed by atoms with Gasteiger partial charge in [0, 0.05) is 5.56 Å². The number of aryl methyl sites for hydroxylation is 1. The summed E-state index contributed by atoms with van der Waals surface area (Å²) in [5.74, 6) is 5.42. The Morgan fingerprint density at radius 2 is 2.00 bits per heavy atom. The van der Waals surface area contributed by atoms with Crippen molar-refractivity contribution in [1.29, 1.82) is 0 Å². The molecular formula is C13H14O2. The third-order valence-corrected chi connectivity index (χ3v) is 1.82. The van der Waals surface area contributed by atoms with Crippen LogP contribution in [0.25, 0.3) is 0 Å². The molecule has 0 bridgehead atoms. The number of hydrogen-bond acceptors (Lipinski definition) is 2. The van der Waals surface area contributed by atoms with Crippen LogP contribution in [0.1, 0.15) is 24.5 Å². The molecule has 0 amide bonds. The van der Waals surface area contributed by atoms with E-state index in [1.807, 2.05) is 31.2 Å². The molecule has 1 aromatic carbocycles. The molecule has 0 saturated carbocycles. The predicted molar refractivity (Wildman–Crippen MR) is 59.3 cm³/mol. The normalized spacial score (nSPS) is 8.93. The summed E-state index contributed by atoms with van der Waals surface area (Å²) in [4.78, 5) is 11.0. The number of hydrogen-bond donors (Lipinski definition) is 0. The molecule has 0 unspecified atom stereocenters. The van der Waals surface area contributed by atoms with Crippen molar-refractivity contribution in [1.82, 2.24) is 0 Å². The van der Waals surface area contributed by atoms with E-state index < -0.39 is 0 Å². The van der Waals surface area contributed by atoms with Crippen molar-refractivity contribution in [2.45, 2.75) is 20.3 Å². The van der Waals surface area contributed by atoms with Crippen molar-refractivity contribution in [2.75, 3.05) is 6.61 Å².